The largest absolute Gasteiger partial charge is 0.336 e. The van der Waals surface area contributed by atoms with E-state index < -0.39 is 17.6 Å². The first-order valence-electron chi connectivity index (χ1n) is 7.22. The van der Waals surface area contributed by atoms with Crippen molar-refractivity contribution < 1.29 is 22.0 Å². The summed E-state index contributed by atoms with van der Waals surface area (Å²) in [6, 6.07) is 6.38. The molecule has 0 atom stereocenters. The second-order valence-electron chi connectivity index (χ2n) is 4.86. The van der Waals surface area contributed by atoms with E-state index in [1.807, 2.05) is 6.92 Å². The van der Waals surface area contributed by atoms with Crippen molar-refractivity contribution >= 4 is 23.3 Å². The van der Waals surface area contributed by atoms with Gasteiger partial charge in [-0.05, 0) is 39.8 Å². The molecule has 0 fully saturated rings. The van der Waals surface area contributed by atoms with Crippen LogP contribution >= 0.6 is 7.60 Å². The van der Waals surface area contributed by atoms with Gasteiger partial charge in [0, 0.05) is 5.71 Å². The Morgan fingerprint density at radius 3 is 2.17 bits per heavy atom. The predicted octanol–water partition coefficient (Wildman–Crippen LogP) is 2.92. The Hall–Kier alpha value is -1.21. The maximum absolute atomic E-state index is 12.4. The molecule has 0 saturated heterocycles. The van der Waals surface area contributed by atoms with Crippen LogP contribution in [0.25, 0.3) is 0 Å². The van der Waals surface area contributed by atoms with E-state index in [4.69, 9.17) is 9.05 Å². The molecule has 0 aliphatic rings. The van der Waals surface area contributed by atoms with Gasteiger partial charge in [0.05, 0.1) is 24.3 Å². The number of hydrogen-bond donors (Lipinski definition) is 1. The van der Waals surface area contributed by atoms with Crippen molar-refractivity contribution in [3.63, 3.8) is 0 Å². The number of hydrazone groups is 1. The first-order chi connectivity index (χ1) is 10.7. The van der Waals surface area contributed by atoms with Crippen molar-refractivity contribution in [3.05, 3.63) is 29.8 Å². The Labute approximate surface area is 137 Å². The molecule has 1 N–H and O–H groups in total. The smallest absolute Gasteiger partial charge is 0.309 e. The Morgan fingerprint density at radius 2 is 1.70 bits per heavy atom. The Morgan fingerprint density at radius 1 is 1.17 bits per heavy atom. The highest BCUT2D eigenvalue weighted by atomic mass is 32.2. The van der Waals surface area contributed by atoms with Gasteiger partial charge in [0.15, 0.2) is 0 Å². The lowest BCUT2D eigenvalue weighted by molar-refractivity contribution is 0.223. The van der Waals surface area contributed by atoms with E-state index in [0.717, 1.165) is 5.56 Å². The first kappa shape index (κ1) is 19.8. The summed E-state index contributed by atoms with van der Waals surface area (Å²) in [5, 5.41) is 3.79. The number of nitrogens with one attached hydrogen (secondary N) is 1. The molecule has 0 aliphatic carbocycles. The van der Waals surface area contributed by atoms with Crippen molar-refractivity contribution in [1.82, 2.24) is 4.83 Å². The van der Waals surface area contributed by atoms with Crippen LogP contribution in [0.5, 0.6) is 0 Å². The second-order valence-corrected chi connectivity index (χ2v) is 8.57. The lowest BCUT2D eigenvalue weighted by Crippen LogP contribution is -2.21. The fraction of sp³-hybridized carbons (Fsp3) is 0.500. The summed E-state index contributed by atoms with van der Waals surface area (Å²) in [7, 11) is -7.06. The normalized spacial score (nSPS) is 13.1. The van der Waals surface area contributed by atoms with Crippen molar-refractivity contribution in [2.45, 2.75) is 32.6 Å². The van der Waals surface area contributed by atoms with Gasteiger partial charge in [-0.25, -0.2) is 4.83 Å². The minimum atomic E-state index is -3.76. The van der Waals surface area contributed by atoms with E-state index in [1.165, 1.54) is 12.1 Å². The van der Waals surface area contributed by atoms with E-state index in [0.29, 0.717) is 5.71 Å². The van der Waals surface area contributed by atoms with Crippen LogP contribution in [0.4, 0.5) is 0 Å². The van der Waals surface area contributed by atoms with Crippen molar-refractivity contribution in [3.8, 4) is 0 Å². The Kier molecular flexibility index (Phi) is 7.41. The molecule has 23 heavy (non-hydrogen) atoms. The van der Waals surface area contributed by atoms with Gasteiger partial charge >= 0.3 is 7.60 Å². The molecule has 0 radical (unpaired) electrons. The SMILES string of the molecule is CCOP(=O)(C/C(C)=N/NS(=O)(=O)c1ccc(C)cc1)OCC. The summed E-state index contributed by atoms with van der Waals surface area (Å²) in [5.74, 6) is 0. The van der Waals surface area contributed by atoms with E-state index >= 15 is 0 Å². The second kappa shape index (κ2) is 8.59. The zero-order valence-electron chi connectivity index (χ0n) is 13.8. The van der Waals surface area contributed by atoms with E-state index in [-0.39, 0.29) is 24.3 Å². The maximum atomic E-state index is 12.4. The molecule has 7 nitrogen and oxygen atoms in total. The van der Waals surface area contributed by atoms with Gasteiger partial charge in [-0.2, -0.15) is 13.5 Å². The molecule has 0 saturated carbocycles. The maximum Gasteiger partial charge on any atom is 0.336 e. The molecule has 1 aromatic rings. The zero-order valence-corrected chi connectivity index (χ0v) is 15.5. The van der Waals surface area contributed by atoms with Crippen LogP contribution in [0.2, 0.25) is 0 Å². The number of nitrogens with zero attached hydrogens (tertiary/aromatic N) is 1. The molecule has 1 rings (SSSR count). The average Bonchev–Trinajstić information content (AvgIpc) is 2.46. The molecule has 0 unspecified atom stereocenters. The molecule has 0 amide bonds. The Bertz CT molecular complexity index is 676. The average molecular weight is 362 g/mol. The third-order valence-electron chi connectivity index (χ3n) is 2.76. The van der Waals surface area contributed by atoms with E-state index in [1.54, 1.807) is 32.9 Å². The number of benzene rings is 1. The fourth-order valence-electron chi connectivity index (χ4n) is 1.75. The van der Waals surface area contributed by atoms with Gasteiger partial charge in [0.2, 0.25) is 0 Å². The van der Waals surface area contributed by atoms with E-state index in [2.05, 4.69) is 9.93 Å². The first-order valence-corrected chi connectivity index (χ1v) is 10.4. The van der Waals surface area contributed by atoms with Crippen LogP contribution in [-0.2, 0) is 23.6 Å². The minimum absolute atomic E-state index is 0.0783. The summed E-state index contributed by atoms with van der Waals surface area (Å²) in [6.07, 6.45) is -0.0783. The molecule has 0 heterocycles. The molecular weight excluding hydrogens is 339 g/mol. The lowest BCUT2D eigenvalue weighted by atomic mass is 10.2. The number of rotatable bonds is 9. The predicted molar refractivity (Wildman–Crippen MR) is 90.3 cm³/mol. The van der Waals surface area contributed by atoms with Crippen LogP contribution in [-0.4, -0.2) is 33.5 Å². The standard InChI is InChI=1S/C14H23N2O5PS/c1-5-20-22(17,21-6-2)11-13(4)15-16-23(18,19)14-9-7-12(3)8-10-14/h7-10,16H,5-6,11H2,1-4H3/b15-13+. The molecule has 1 aromatic carbocycles. The highest BCUT2D eigenvalue weighted by Gasteiger charge is 2.25. The number of hydrogen-bond acceptors (Lipinski definition) is 6. The van der Waals surface area contributed by atoms with Crippen molar-refractivity contribution in [2.75, 3.05) is 19.4 Å². The molecule has 0 aromatic heterocycles. The Balaban J connectivity index is 2.82. The van der Waals surface area contributed by atoms with Gasteiger partial charge in [-0.1, -0.05) is 17.7 Å². The van der Waals surface area contributed by atoms with Gasteiger partial charge in [-0.15, -0.1) is 0 Å². The molecular formula is C14H23N2O5PS. The van der Waals surface area contributed by atoms with Crippen LogP contribution < -0.4 is 4.83 Å². The minimum Gasteiger partial charge on any atom is -0.309 e. The van der Waals surface area contributed by atoms with E-state index in [9.17, 15) is 13.0 Å². The molecule has 0 spiro atoms. The molecule has 130 valence electrons. The van der Waals surface area contributed by atoms with Crippen molar-refractivity contribution in [2.24, 2.45) is 5.10 Å². The fourth-order valence-corrected chi connectivity index (χ4v) is 4.30. The molecule has 0 bridgehead atoms. The van der Waals surface area contributed by atoms with Crippen LogP contribution in [0, 0.1) is 6.92 Å². The zero-order chi connectivity index (χ0) is 17.5. The monoisotopic (exact) mass is 362 g/mol. The van der Waals surface area contributed by atoms with Gasteiger partial charge in [0.25, 0.3) is 10.0 Å². The third-order valence-corrected chi connectivity index (χ3v) is 6.13. The van der Waals surface area contributed by atoms with Crippen LogP contribution in [0.3, 0.4) is 0 Å². The highest BCUT2D eigenvalue weighted by molar-refractivity contribution is 7.89. The summed E-state index contributed by atoms with van der Waals surface area (Å²) in [4.78, 5) is 2.24. The summed E-state index contributed by atoms with van der Waals surface area (Å²) < 4.78 is 46.9. The summed E-state index contributed by atoms with van der Waals surface area (Å²) in [6.45, 7) is 7.31. The van der Waals surface area contributed by atoms with Gasteiger partial charge in [0.1, 0.15) is 0 Å². The molecule has 0 aliphatic heterocycles. The van der Waals surface area contributed by atoms with Crippen molar-refractivity contribution in [1.29, 1.82) is 0 Å². The van der Waals surface area contributed by atoms with Crippen LogP contribution in [0.1, 0.15) is 26.3 Å². The van der Waals surface area contributed by atoms with Gasteiger partial charge in [-0.3, -0.25) is 4.57 Å². The van der Waals surface area contributed by atoms with Gasteiger partial charge < -0.3 is 9.05 Å². The summed E-state index contributed by atoms with van der Waals surface area (Å²) in [5.41, 5.74) is 1.27. The third kappa shape index (κ3) is 6.43. The molecule has 9 heteroatoms. The topological polar surface area (TPSA) is 94.1 Å². The van der Waals surface area contributed by atoms with Crippen LogP contribution in [0.15, 0.2) is 34.3 Å². The quantitative estimate of drug-likeness (QED) is 0.414. The highest BCUT2D eigenvalue weighted by Crippen LogP contribution is 2.47. The number of sulfonamides is 1. The summed E-state index contributed by atoms with van der Waals surface area (Å²) >= 11 is 0. The lowest BCUT2D eigenvalue weighted by Gasteiger charge is -2.16. The number of aryl methyl sites for hydroxylation is 1.